The van der Waals surface area contributed by atoms with Crippen LogP contribution in [0.3, 0.4) is 0 Å². The molecule has 0 saturated carbocycles. The molecule has 7 heteroatoms. The number of aliphatic imine (C=N–C) groups is 1. The minimum Gasteiger partial charge on any atom is -0.356 e. The van der Waals surface area contributed by atoms with E-state index in [0.29, 0.717) is 13.0 Å². The summed E-state index contributed by atoms with van der Waals surface area (Å²) in [6.45, 7) is 6.59. The monoisotopic (exact) mass is 377 g/mol. The molecule has 0 unspecified atom stereocenters. The van der Waals surface area contributed by atoms with Crippen molar-refractivity contribution in [1.29, 1.82) is 0 Å². The molecule has 3 heterocycles. The second-order valence-electron chi connectivity index (χ2n) is 7.01. The Bertz CT molecular complexity index is 609. The highest BCUT2D eigenvalue weighted by molar-refractivity contribution is 7.10. The van der Waals surface area contributed by atoms with Crippen LogP contribution >= 0.6 is 11.3 Å². The maximum Gasteiger partial charge on any atom is 0.224 e. The zero-order chi connectivity index (χ0) is 18.2. The molecule has 0 radical (unpaired) electrons. The number of amides is 1. The lowest BCUT2D eigenvalue weighted by Gasteiger charge is -2.27. The molecule has 0 bridgehead atoms. The summed E-state index contributed by atoms with van der Waals surface area (Å²) in [5.74, 6) is 1.01. The van der Waals surface area contributed by atoms with Crippen molar-refractivity contribution >= 4 is 23.2 Å². The topological polar surface area (TPSA) is 60.0 Å². The first-order valence-electron chi connectivity index (χ1n) is 9.76. The number of piperidine rings is 1. The first-order valence-corrected chi connectivity index (χ1v) is 10.6. The van der Waals surface area contributed by atoms with E-state index in [4.69, 9.17) is 0 Å². The van der Waals surface area contributed by atoms with E-state index in [9.17, 15) is 4.79 Å². The van der Waals surface area contributed by atoms with Gasteiger partial charge in [-0.05, 0) is 49.4 Å². The Kier molecular flexibility index (Phi) is 7.32. The van der Waals surface area contributed by atoms with Crippen molar-refractivity contribution in [2.24, 2.45) is 4.99 Å². The number of hydrogen-bond acceptors (Lipinski definition) is 4. The van der Waals surface area contributed by atoms with Gasteiger partial charge in [0.15, 0.2) is 5.96 Å². The maximum atomic E-state index is 12.4. The number of nitrogens with zero attached hydrogens (tertiary/aromatic N) is 3. The van der Waals surface area contributed by atoms with Crippen LogP contribution in [0.1, 0.15) is 36.1 Å². The molecule has 1 aromatic rings. The highest BCUT2D eigenvalue weighted by Gasteiger charge is 2.21. The molecule has 1 fully saturated rings. The Balaban J connectivity index is 1.32. The van der Waals surface area contributed by atoms with Crippen LogP contribution in [0.15, 0.2) is 16.4 Å². The standard InChI is InChI=1S/C19H31N5OS/c1-20-19(22-9-13-23-10-3-2-4-11-23)21-8-5-18(25)24-12-6-17-16(15-24)7-14-26-17/h7,14H,2-6,8-13,15H2,1H3,(H2,20,21,22). The molecule has 0 aromatic carbocycles. The van der Waals surface area contributed by atoms with Gasteiger partial charge in [0.25, 0.3) is 0 Å². The van der Waals surface area contributed by atoms with Gasteiger partial charge in [0.2, 0.25) is 5.91 Å². The quantitative estimate of drug-likeness (QED) is 0.585. The van der Waals surface area contributed by atoms with E-state index in [2.05, 4.69) is 32.0 Å². The van der Waals surface area contributed by atoms with E-state index in [1.807, 2.05) is 4.90 Å². The zero-order valence-corrected chi connectivity index (χ0v) is 16.6. The molecule has 1 amide bonds. The van der Waals surface area contributed by atoms with Crippen molar-refractivity contribution in [2.45, 2.75) is 38.6 Å². The van der Waals surface area contributed by atoms with Crippen LogP contribution in [0.5, 0.6) is 0 Å². The van der Waals surface area contributed by atoms with Gasteiger partial charge in [0.1, 0.15) is 0 Å². The van der Waals surface area contributed by atoms with E-state index in [-0.39, 0.29) is 5.91 Å². The summed E-state index contributed by atoms with van der Waals surface area (Å²) < 4.78 is 0. The largest absolute Gasteiger partial charge is 0.356 e. The Hall–Kier alpha value is -1.60. The number of likely N-dealkylation sites (tertiary alicyclic amines) is 1. The van der Waals surface area contributed by atoms with Gasteiger partial charge < -0.3 is 20.4 Å². The molecular weight excluding hydrogens is 346 g/mol. The summed E-state index contributed by atoms with van der Waals surface area (Å²) in [5, 5.41) is 8.74. The Morgan fingerprint density at radius 3 is 2.81 bits per heavy atom. The van der Waals surface area contributed by atoms with Crippen molar-refractivity contribution in [3.63, 3.8) is 0 Å². The highest BCUT2D eigenvalue weighted by atomic mass is 32.1. The SMILES string of the molecule is CN=C(NCCC(=O)N1CCc2sccc2C1)NCCN1CCCCC1. The van der Waals surface area contributed by atoms with Crippen molar-refractivity contribution in [3.8, 4) is 0 Å². The van der Waals surface area contributed by atoms with Gasteiger partial charge in [-0.2, -0.15) is 0 Å². The second-order valence-corrected chi connectivity index (χ2v) is 8.01. The van der Waals surface area contributed by atoms with E-state index < -0.39 is 0 Å². The lowest BCUT2D eigenvalue weighted by molar-refractivity contribution is -0.131. The van der Waals surface area contributed by atoms with Crippen LogP contribution in [0, 0.1) is 0 Å². The molecule has 1 saturated heterocycles. The van der Waals surface area contributed by atoms with E-state index in [1.54, 1.807) is 18.4 Å². The van der Waals surface area contributed by atoms with Crippen LogP contribution < -0.4 is 10.6 Å². The fraction of sp³-hybridized carbons (Fsp3) is 0.684. The lowest BCUT2D eigenvalue weighted by Crippen LogP contribution is -2.44. The average Bonchev–Trinajstić information content (AvgIpc) is 3.15. The lowest BCUT2D eigenvalue weighted by atomic mass is 10.1. The van der Waals surface area contributed by atoms with Gasteiger partial charge >= 0.3 is 0 Å². The Morgan fingerprint density at radius 1 is 1.19 bits per heavy atom. The van der Waals surface area contributed by atoms with Gasteiger partial charge in [-0.25, -0.2) is 0 Å². The molecule has 1 aromatic heterocycles. The number of hydrogen-bond donors (Lipinski definition) is 2. The normalized spacial score (nSPS) is 18.5. The van der Waals surface area contributed by atoms with Gasteiger partial charge in [0.05, 0.1) is 0 Å². The van der Waals surface area contributed by atoms with Crippen molar-refractivity contribution in [3.05, 3.63) is 21.9 Å². The summed E-state index contributed by atoms with van der Waals surface area (Å²) in [5.41, 5.74) is 1.32. The van der Waals surface area contributed by atoms with Crippen LogP contribution in [0.2, 0.25) is 0 Å². The predicted octanol–water partition coefficient (Wildman–Crippen LogP) is 1.67. The number of rotatable bonds is 6. The maximum absolute atomic E-state index is 12.4. The first kappa shape index (κ1) is 19.2. The fourth-order valence-corrected chi connectivity index (χ4v) is 4.53. The van der Waals surface area contributed by atoms with Crippen LogP contribution in [-0.2, 0) is 17.8 Å². The van der Waals surface area contributed by atoms with Gasteiger partial charge in [-0.15, -0.1) is 11.3 Å². The number of carbonyl (C=O) groups excluding carboxylic acids is 1. The molecule has 0 aliphatic carbocycles. The van der Waals surface area contributed by atoms with Gasteiger partial charge in [-0.1, -0.05) is 6.42 Å². The fourth-order valence-electron chi connectivity index (χ4n) is 3.64. The van der Waals surface area contributed by atoms with Crippen molar-refractivity contribution in [2.75, 3.05) is 46.3 Å². The molecule has 2 aliphatic heterocycles. The summed E-state index contributed by atoms with van der Waals surface area (Å²) in [6, 6.07) is 2.14. The van der Waals surface area contributed by atoms with Gasteiger partial charge in [0, 0.05) is 51.1 Å². The number of nitrogens with one attached hydrogen (secondary N) is 2. The zero-order valence-electron chi connectivity index (χ0n) is 15.8. The minimum atomic E-state index is 0.220. The molecule has 3 rings (SSSR count). The Labute approximate surface area is 160 Å². The Morgan fingerprint density at radius 2 is 2.00 bits per heavy atom. The molecule has 144 valence electrons. The third kappa shape index (κ3) is 5.45. The van der Waals surface area contributed by atoms with E-state index in [1.165, 1.54) is 42.8 Å². The number of fused-ring (bicyclic) bond motifs is 1. The number of guanidine groups is 1. The second kappa shape index (κ2) is 9.92. The van der Waals surface area contributed by atoms with E-state index in [0.717, 1.165) is 38.6 Å². The third-order valence-corrected chi connectivity index (χ3v) is 6.21. The van der Waals surface area contributed by atoms with Crippen LogP contribution in [-0.4, -0.2) is 68.0 Å². The summed E-state index contributed by atoms with van der Waals surface area (Å²) in [6.07, 6.45) is 5.50. The summed E-state index contributed by atoms with van der Waals surface area (Å²) in [4.78, 5) is 22.6. The number of carbonyl (C=O) groups is 1. The number of thiophene rings is 1. The first-order chi connectivity index (χ1) is 12.8. The molecule has 0 atom stereocenters. The molecule has 2 N–H and O–H groups in total. The smallest absolute Gasteiger partial charge is 0.224 e. The third-order valence-electron chi connectivity index (χ3n) is 5.18. The van der Waals surface area contributed by atoms with Crippen molar-refractivity contribution in [1.82, 2.24) is 20.4 Å². The molecule has 2 aliphatic rings. The van der Waals surface area contributed by atoms with Crippen LogP contribution in [0.4, 0.5) is 0 Å². The molecule has 0 spiro atoms. The van der Waals surface area contributed by atoms with Crippen LogP contribution in [0.25, 0.3) is 0 Å². The van der Waals surface area contributed by atoms with Crippen molar-refractivity contribution < 1.29 is 4.79 Å². The van der Waals surface area contributed by atoms with Gasteiger partial charge in [-0.3, -0.25) is 9.79 Å². The van der Waals surface area contributed by atoms with E-state index >= 15 is 0 Å². The molecule has 26 heavy (non-hydrogen) atoms. The molecule has 6 nitrogen and oxygen atoms in total. The summed E-state index contributed by atoms with van der Waals surface area (Å²) in [7, 11) is 1.78. The summed E-state index contributed by atoms with van der Waals surface area (Å²) >= 11 is 1.80. The highest BCUT2D eigenvalue weighted by Crippen LogP contribution is 2.24. The molecular formula is C19H31N5OS. The average molecular weight is 378 g/mol. The predicted molar refractivity (Wildman–Crippen MR) is 108 cm³/mol. The minimum absolute atomic E-state index is 0.220.